The number of rotatable bonds is 7. The third-order valence-electron chi connectivity index (χ3n) is 2.22. The normalized spacial score (nSPS) is 11.6. The van der Waals surface area contributed by atoms with Gasteiger partial charge in [0.05, 0.1) is 15.2 Å². The first-order valence-electron chi connectivity index (χ1n) is 5.42. The number of nitrogens with one attached hydrogen (secondary N) is 1. The van der Waals surface area contributed by atoms with Crippen LogP contribution in [-0.2, 0) is 10.0 Å². The molecule has 3 N–H and O–H groups in total. The maximum Gasteiger partial charge on any atom is 0.243 e. The van der Waals surface area contributed by atoms with Gasteiger partial charge in [-0.1, -0.05) is 17.7 Å². The van der Waals surface area contributed by atoms with Crippen LogP contribution < -0.4 is 10.5 Å². The summed E-state index contributed by atoms with van der Waals surface area (Å²) in [4.78, 5) is -0.558. The number of hydrogen-bond donors (Lipinski definition) is 2. The van der Waals surface area contributed by atoms with E-state index in [4.69, 9.17) is 17.3 Å². The van der Waals surface area contributed by atoms with Gasteiger partial charge in [-0.25, -0.2) is 17.5 Å². The summed E-state index contributed by atoms with van der Waals surface area (Å²) < 4.78 is 40.3. The van der Waals surface area contributed by atoms with Crippen molar-refractivity contribution in [2.75, 3.05) is 23.8 Å². The van der Waals surface area contributed by atoms with Crippen molar-refractivity contribution >= 4 is 55.0 Å². The number of hydrogen-bond acceptors (Lipinski definition) is 4. The van der Waals surface area contributed by atoms with E-state index in [1.165, 1.54) is 11.8 Å². The van der Waals surface area contributed by atoms with Crippen molar-refractivity contribution in [1.29, 1.82) is 0 Å². The predicted molar refractivity (Wildman–Crippen MR) is 86.2 cm³/mol. The SMILES string of the molecule is C=CCSCCNS(=O)(=O)c1cc(Cl)c(Br)c(N)c1F. The monoisotopic (exact) mass is 402 g/mol. The Labute approximate surface area is 135 Å². The minimum Gasteiger partial charge on any atom is -0.395 e. The van der Waals surface area contributed by atoms with E-state index >= 15 is 0 Å². The molecule has 0 heterocycles. The lowest BCUT2D eigenvalue weighted by atomic mass is 10.3. The number of benzene rings is 1. The molecule has 0 radical (unpaired) electrons. The van der Waals surface area contributed by atoms with Gasteiger partial charge in [0, 0.05) is 18.1 Å². The Morgan fingerprint density at radius 2 is 2.25 bits per heavy atom. The number of nitrogen functional groups attached to an aromatic ring is 1. The van der Waals surface area contributed by atoms with Crippen LogP contribution in [0.1, 0.15) is 0 Å². The van der Waals surface area contributed by atoms with Gasteiger partial charge in [0.15, 0.2) is 5.82 Å². The molecule has 4 nitrogen and oxygen atoms in total. The largest absolute Gasteiger partial charge is 0.395 e. The molecule has 0 unspecified atom stereocenters. The van der Waals surface area contributed by atoms with Crippen LogP contribution in [-0.4, -0.2) is 26.5 Å². The average Bonchev–Trinajstić information content (AvgIpc) is 2.40. The number of sulfonamides is 1. The Morgan fingerprint density at radius 3 is 2.85 bits per heavy atom. The fourth-order valence-electron chi connectivity index (χ4n) is 1.29. The van der Waals surface area contributed by atoms with E-state index in [-0.39, 0.29) is 21.7 Å². The molecule has 0 saturated carbocycles. The molecule has 1 aromatic carbocycles. The second kappa shape index (κ2) is 7.65. The molecule has 0 fully saturated rings. The fourth-order valence-corrected chi connectivity index (χ4v) is 3.71. The number of anilines is 1. The van der Waals surface area contributed by atoms with Gasteiger partial charge >= 0.3 is 0 Å². The first-order valence-corrected chi connectivity index (χ1v) is 9.23. The van der Waals surface area contributed by atoms with Crippen molar-refractivity contribution in [2.45, 2.75) is 4.90 Å². The summed E-state index contributed by atoms with van der Waals surface area (Å²) >= 11 is 10.3. The zero-order valence-electron chi connectivity index (χ0n) is 10.3. The van der Waals surface area contributed by atoms with Gasteiger partial charge in [-0.15, -0.1) is 6.58 Å². The van der Waals surface area contributed by atoms with Gasteiger partial charge in [-0.05, 0) is 22.0 Å². The maximum absolute atomic E-state index is 13.9. The number of halogens is 3. The fraction of sp³-hybridized carbons (Fsp3) is 0.273. The minimum atomic E-state index is -3.99. The molecule has 0 aliphatic heterocycles. The van der Waals surface area contributed by atoms with Crippen LogP contribution >= 0.6 is 39.3 Å². The molecule has 9 heteroatoms. The van der Waals surface area contributed by atoms with Crippen molar-refractivity contribution in [3.63, 3.8) is 0 Å². The molecule has 0 saturated heterocycles. The Morgan fingerprint density at radius 1 is 1.60 bits per heavy atom. The van der Waals surface area contributed by atoms with Crippen LogP contribution in [0, 0.1) is 5.82 Å². The van der Waals surface area contributed by atoms with Gasteiger partial charge in [-0.2, -0.15) is 11.8 Å². The second-order valence-corrected chi connectivity index (χ2v) is 7.74. The van der Waals surface area contributed by atoms with Gasteiger partial charge < -0.3 is 5.73 Å². The molecule has 0 aliphatic carbocycles. The first-order chi connectivity index (χ1) is 9.31. The van der Waals surface area contributed by atoms with E-state index in [2.05, 4.69) is 27.2 Å². The molecule has 0 bridgehead atoms. The summed E-state index contributed by atoms with van der Waals surface area (Å²) in [6.07, 6.45) is 1.72. The summed E-state index contributed by atoms with van der Waals surface area (Å²) in [6, 6.07) is 1.02. The van der Waals surface area contributed by atoms with Gasteiger partial charge in [0.25, 0.3) is 0 Å². The maximum atomic E-state index is 13.9. The Kier molecular flexibility index (Phi) is 6.80. The smallest absolute Gasteiger partial charge is 0.243 e. The summed E-state index contributed by atoms with van der Waals surface area (Å²) in [6.45, 7) is 3.73. The van der Waals surface area contributed by atoms with Crippen molar-refractivity contribution in [3.05, 3.63) is 34.0 Å². The molecule has 0 spiro atoms. The molecule has 0 atom stereocenters. The summed E-state index contributed by atoms with van der Waals surface area (Å²) in [5.41, 5.74) is 5.13. The van der Waals surface area contributed by atoms with Crippen molar-refractivity contribution < 1.29 is 12.8 Å². The average molecular weight is 404 g/mol. The van der Waals surface area contributed by atoms with Crippen LogP contribution in [0.25, 0.3) is 0 Å². The lowest BCUT2D eigenvalue weighted by Crippen LogP contribution is -2.27. The Balaban J connectivity index is 2.91. The number of nitrogens with two attached hydrogens (primary N) is 1. The van der Waals surface area contributed by atoms with Crippen molar-refractivity contribution in [2.24, 2.45) is 0 Å². The number of thioether (sulfide) groups is 1. The van der Waals surface area contributed by atoms with E-state index < -0.39 is 20.7 Å². The highest BCUT2D eigenvalue weighted by Gasteiger charge is 2.23. The minimum absolute atomic E-state index is 0.0327. The lowest BCUT2D eigenvalue weighted by Gasteiger charge is -2.11. The van der Waals surface area contributed by atoms with Crippen molar-refractivity contribution in [3.8, 4) is 0 Å². The lowest BCUT2D eigenvalue weighted by molar-refractivity contribution is 0.560. The third-order valence-corrected chi connectivity index (χ3v) is 6.03. The van der Waals surface area contributed by atoms with Crippen LogP contribution in [0.2, 0.25) is 5.02 Å². The van der Waals surface area contributed by atoms with Crippen molar-refractivity contribution in [1.82, 2.24) is 4.72 Å². The van der Waals surface area contributed by atoms with E-state index in [1.54, 1.807) is 6.08 Å². The highest BCUT2D eigenvalue weighted by atomic mass is 79.9. The van der Waals surface area contributed by atoms with Gasteiger partial charge in [-0.3, -0.25) is 0 Å². The Bertz CT molecular complexity index is 611. The molecule has 0 amide bonds. The predicted octanol–water partition coefficient (Wildman–Crippen LogP) is 3.02. The zero-order valence-corrected chi connectivity index (χ0v) is 14.3. The molecular weight excluding hydrogens is 391 g/mol. The molecule has 112 valence electrons. The van der Waals surface area contributed by atoms with E-state index in [0.717, 1.165) is 6.07 Å². The molecule has 1 rings (SSSR count). The molecule has 0 aromatic heterocycles. The summed E-state index contributed by atoms with van der Waals surface area (Å²) in [5, 5.41) is 0.0327. The van der Waals surface area contributed by atoms with E-state index in [0.29, 0.717) is 11.5 Å². The summed E-state index contributed by atoms with van der Waals surface area (Å²) in [5.74, 6) is 0.243. The molecule has 1 aromatic rings. The van der Waals surface area contributed by atoms with Crippen LogP contribution in [0.15, 0.2) is 28.1 Å². The second-order valence-electron chi connectivity index (χ2n) is 3.66. The topological polar surface area (TPSA) is 72.2 Å². The third kappa shape index (κ3) is 4.36. The highest BCUT2D eigenvalue weighted by Crippen LogP contribution is 2.34. The molecular formula is C11H13BrClFN2O2S2. The van der Waals surface area contributed by atoms with Crippen LogP contribution in [0.3, 0.4) is 0 Å². The Hall–Kier alpha value is -0.280. The molecule has 20 heavy (non-hydrogen) atoms. The van der Waals surface area contributed by atoms with E-state index in [9.17, 15) is 12.8 Å². The van der Waals surface area contributed by atoms with E-state index in [1.807, 2.05) is 0 Å². The van der Waals surface area contributed by atoms with Crippen LogP contribution in [0.5, 0.6) is 0 Å². The molecule has 0 aliphatic rings. The first kappa shape index (κ1) is 17.8. The standard InChI is InChI=1S/C11H13BrClFN2O2S2/c1-2-4-19-5-3-16-20(17,18)8-6-7(13)9(12)11(15)10(8)14/h2,6,16H,1,3-5,15H2. The van der Waals surface area contributed by atoms with Crippen LogP contribution in [0.4, 0.5) is 10.1 Å². The van der Waals surface area contributed by atoms with Gasteiger partial charge in [0.1, 0.15) is 4.90 Å². The zero-order chi connectivity index (χ0) is 15.3. The summed E-state index contributed by atoms with van der Waals surface area (Å²) in [7, 11) is -3.99. The van der Waals surface area contributed by atoms with Gasteiger partial charge in [0.2, 0.25) is 10.0 Å². The highest BCUT2D eigenvalue weighted by molar-refractivity contribution is 9.10. The quantitative estimate of drug-likeness (QED) is 0.318.